The molecule has 0 aliphatic carbocycles. The third-order valence-corrected chi connectivity index (χ3v) is 3.65. The highest BCUT2D eigenvalue weighted by Gasteiger charge is 2.10. The van der Waals surface area contributed by atoms with Crippen molar-refractivity contribution in [3.05, 3.63) is 46.9 Å². The number of anilines is 1. The SMILES string of the molecule is Cc1ccc(C(=O)Nc2ccc3nc(C)sc3c2)o1. The lowest BCUT2D eigenvalue weighted by Crippen LogP contribution is -2.10. The van der Waals surface area contributed by atoms with Crippen LogP contribution in [-0.2, 0) is 0 Å². The Bertz CT molecular complexity index is 758. The maximum atomic E-state index is 12.0. The van der Waals surface area contributed by atoms with E-state index in [0.29, 0.717) is 5.76 Å². The Kier molecular flexibility index (Phi) is 2.83. The van der Waals surface area contributed by atoms with Gasteiger partial charge in [-0.2, -0.15) is 0 Å². The van der Waals surface area contributed by atoms with Gasteiger partial charge in [0, 0.05) is 5.69 Å². The van der Waals surface area contributed by atoms with Crippen LogP contribution >= 0.6 is 11.3 Å². The average Bonchev–Trinajstić information content (AvgIpc) is 2.93. The average molecular weight is 272 g/mol. The fourth-order valence-corrected chi connectivity index (χ4v) is 2.73. The first kappa shape index (κ1) is 11.9. The number of nitrogens with one attached hydrogen (secondary N) is 1. The molecular weight excluding hydrogens is 260 g/mol. The Morgan fingerprint density at radius 3 is 2.84 bits per heavy atom. The largest absolute Gasteiger partial charge is 0.456 e. The van der Waals surface area contributed by atoms with Gasteiger partial charge in [0.25, 0.3) is 5.91 Å². The topological polar surface area (TPSA) is 55.1 Å². The van der Waals surface area contributed by atoms with Gasteiger partial charge in [-0.05, 0) is 44.2 Å². The van der Waals surface area contributed by atoms with Gasteiger partial charge in [-0.15, -0.1) is 11.3 Å². The van der Waals surface area contributed by atoms with Crippen LogP contribution < -0.4 is 5.32 Å². The van der Waals surface area contributed by atoms with Crippen molar-refractivity contribution in [3.63, 3.8) is 0 Å². The zero-order valence-corrected chi connectivity index (χ0v) is 11.4. The van der Waals surface area contributed by atoms with Crippen LogP contribution in [0.3, 0.4) is 0 Å². The Morgan fingerprint density at radius 1 is 1.26 bits per heavy atom. The van der Waals surface area contributed by atoms with Gasteiger partial charge in [0.05, 0.1) is 15.2 Å². The number of aryl methyl sites for hydroxylation is 2. The predicted octanol–water partition coefficient (Wildman–Crippen LogP) is 3.76. The van der Waals surface area contributed by atoms with Gasteiger partial charge < -0.3 is 9.73 Å². The number of rotatable bonds is 2. The highest BCUT2D eigenvalue weighted by molar-refractivity contribution is 7.18. The number of amides is 1. The summed E-state index contributed by atoms with van der Waals surface area (Å²) in [7, 11) is 0. The van der Waals surface area contributed by atoms with E-state index >= 15 is 0 Å². The molecule has 2 aromatic heterocycles. The van der Waals surface area contributed by atoms with Crippen molar-refractivity contribution in [2.75, 3.05) is 5.32 Å². The molecule has 0 aliphatic heterocycles. The molecule has 0 bridgehead atoms. The van der Waals surface area contributed by atoms with Crippen molar-refractivity contribution in [2.45, 2.75) is 13.8 Å². The smallest absolute Gasteiger partial charge is 0.291 e. The number of nitrogens with zero attached hydrogens (tertiary/aromatic N) is 1. The predicted molar refractivity (Wildman–Crippen MR) is 75.8 cm³/mol. The van der Waals surface area contributed by atoms with E-state index in [9.17, 15) is 4.79 Å². The van der Waals surface area contributed by atoms with Gasteiger partial charge in [0.1, 0.15) is 5.76 Å². The molecule has 0 radical (unpaired) electrons. The molecule has 0 unspecified atom stereocenters. The van der Waals surface area contributed by atoms with Gasteiger partial charge in [-0.1, -0.05) is 0 Å². The highest BCUT2D eigenvalue weighted by Crippen LogP contribution is 2.25. The summed E-state index contributed by atoms with van der Waals surface area (Å²) in [5.74, 6) is 0.797. The molecule has 3 rings (SSSR count). The van der Waals surface area contributed by atoms with Crippen LogP contribution in [0, 0.1) is 13.8 Å². The van der Waals surface area contributed by atoms with E-state index in [1.165, 1.54) is 0 Å². The third kappa shape index (κ3) is 2.37. The third-order valence-electron chi connectivity index (χ3n) is 2.72. The van der Waals surface area contributed by atoms with E-state index in [2.05, 4.69) is 10.3 Å². The molecule has 1 N–H and O–H groups in total. The fourth-order valence-electron chi connectivity index (χ4n) is 1.87. The number of furan rings is 1. The highest BCUT2D eigenvalue weighted by atomic mass is 32.1. The summed E-state index contributed by atoms with van der Waals surface area (Å²) >= 11 is 1.61. The fraction of sp³-hybridized carbons (Fsp3) is 0.143. The van der Waals surface area contributed by atoms with Gasteiger partial charge in [0.15, 0.2) is 5.76 Å². The van der Waals surface area contributed by atoms with E-state index in [0.717, 1.165) is 26.7 Å². The maximum Gasteiger partial charge on any atom is 0.291 e. The summed E-state index contributed by atoms with van der Waals surface area (Å²) in [6, 6.07) is 9.11. The molecule has 96 valence electrons. The molecular formula is C14H12N2O2S. The minimum atomic E-state index is -0.242. The number of carbonyl (C=O) groups is 1. The van der Waals surface area contributed by atoms with E-state index in [-0.39, 0.29) is 5.91 Å². The molecule has 0 spiro atoms. The summed E-state index contributed by atoms with van der Waals surface area (Å²) in [6.45, 7) is 3.78. The molecule has 4 nitrogen and oxygen atoms in total. The zero-order valence-electron chi connectivity index (χ0n) is 10.6. The first-order valence-electron chi connectivity index (χ1n) is 5.87. The second-order valence-electron chi connectivity index (χ2n) is 4.28. The van der Waals surface area contributed by atoms with Crippen LogP contribution in [0.25, 0.3) is 10.2 Å². The molecule has 0 saturated heterocycles. The number of carbonyl (C=O) groups excluding carboxylic acids is 1. The molecule has 0 atom stereocenters. The number of thiazole rings is 1. The summed E-state index contributed by atoms with van der Waals surface area (Å²) in [5.41, 5.74) is 1.70. The molecule has 1 aromatic carbocycles. The van der Waals surface area contributed by atoms with E-state index in [1.54, 1.807) is 23.5 Å². The first-order valence-corrected chi connectivity index (χ1v) is 6.68. The van der Waals surface area contributed by atoms with E-state index in [1.807, 2.05) is 32.0 Å². The van der Waals surface area contributed by atoms with Crippen molar-refractivity contribution in [1.82, 2.24) is 4.98 Å². The zero-order chi connectivity index (χ0) is 13.4. The summed E-state index contributed by atoms with van der Waals surface area (Å²) in [5, 5.41) is 3.83. The quantitative estimate of drug-likeness (QED) is 0.772. The second kappa shape index (κ2) is 4.51. The first-order chi connectivity index (χ1) is 9.11. The van der Waals surface area contributed by atoms with Gasteiger partial charge in [0.2, 0.25) is 0 Å². The Hall–Kier alpha value is -2.14. The minimum Gasteiger partial charge on any atom is -0.456 e. The van der Waals surface area contributed by atoms with Crippen LogP contribution in [0.1, 0.15) is 21.3 Å². The van der Waals surface area contributed by atoms with E-state index in [4.69, 9.17) is 4.42 Å². The molecule has 5 heteroatoms. The van der Waals surface area contributed by atoms with Gasteiger partial charge >= 0.3 is 0 Å². The normalized spacial score (nSPS) is 10.8. The lowest BCUT2D eigenvalue weighted by atomic mass is 10.3. The van der Waals surface area contributed by atoms with Crippen molar-refractivity contribution >= 4 is 33.1 Å². The summed E-state index contributed by atoms with van der Waals surface area (Å²) in [6.07, 6.45) is 0. The van der Waals surface area contributed by atoms with Crippen molar-refractivity contribution < 1.29 is 9.21 Å². The number of hydrogen-bond donors (Lipinski definition) is 1. The van der Waals surface area contributed by atoms with Crippen LogP contribution in [-0.4, -0.2) is 10.9 Å². The van der Waals surface area contributed by atoms with Crippen molar-refractivity contribution in [3.8, 4) is 0 Å². The second-order valence-corrected chi connectivity index (χ2v) is 5.51. The number of hydrogen-bond acceptors (Lipinski definition) is 4. The monoisotopic (exact) mass is 272 g/mol. The van der Waals surface area contributed by atoms with Gasteiger partial charge in [-0.3, -0.25) is 4.79 Å². The molecule has 0 fully saturated rings. The van der Waals surface area contributed by atoms with Crippen molar-refractivity contribution in [2.24, 2.45) is 0 Å². The molecule has 2 heterocycles. The van der Waals surface area contributed by atoms with E-state index < -0.39 is 0 Å². The molecule has 19 heavy (non-hydrogen) atoms. The summed E-state index contributed by atoms with van der Waals surface area (Å²) in [4.78, 5) is 16.3. The summed E-state index contributed by atoms with van der Waals surface area (Å²) < 4.78 is 6.35. The molecule has 0 aliphatic rings. The Morgan fingerprint density at radius 2 is 2.11 bits per heavy atom. The Balaban J connectivity index is 1.86. The molecule has 3 aromatic rings. The standard InChI is InChI=1S/C14H12N2O2S/c1-8-3-6-12(18-8)14(17)16-10-4-5-11-13(7-10)19-9(2)15-11/h3-7H,1-2H3,(H,16,17). The molecule has 1 amide bonds. The van der Waals surface area contributed by atoms with Crippen LogP contribution in [0.15, 0.2) is 34.7 Å². The van der Waals surface area contributed by atoms with Crippen molar-refractivity contribution in [1.29, 1.82) is 0 Å². The van der Waals surface area contributed by atoms with Crippen LogP contribution in [0.5, 0.6) is 0 Å². The lowest BCUT2D eigenvalue weighted by molar-refractivity contribution is 0.0995. The number of benzene rings is 1. The minimum absolute atomic E-state index is 0.242. The Labute approximate surface area is 114 Å². The van der Waals surface area contributed by atoms with Crippen LogP contribution in [0.4, 0.5) is 5.69 Å². The van der Waals surface area contributed by atoms with Crippen LogP contribution in [0.2, 0.25) is 0 Å². The maximum absolute atomic E-state index is 12.0. The number of aromatic nitrogens is 1. The lowest BCUT2D eigenvalue weighted by Gasteiger charge is -2.02. The molecule has 0 saturated carbocycles. The van der Waals surface area contributed by atoms with Gasteiger partial charge in [-0.25, -0.2) is 4.98 Å². The number of fused-ring (bicyclic) bond motifs is 1.